The number of carboxylic acids is 1. The molecule has 1 amide bonds. The summed E-state index contributed by atoms with van der Waals surface area (Å²) in [5.41, 5.74) is 3.99. The number of carbonyl (C=O) groups is 2. The molecule has 2 aromatic carbocycles. The molecule has 2 heterocycles. The predicted molar refractivity (Wildman–Crippen MR) is 100 cm³/mol. The van der Waals surface area contributed by atoms with E-state index in [0.717, 1.165) is 16.9 Å². The highest BCUT2D eigenvalue weighted by Gasteiger charge is 2.30. The third-order valence-corrected chi connectivity index (χ3v) is 4.85. The number of nitrogens with zero attached hydrogens (tertiary/aromatic N) is 3. The van der Waals surface area contributed by atoms with E-state index in [1.165, 1.54) is 0 Å². The third-order valence-electron chi connectivity index (χ3n) is 4.85. The first kappa shape index (κ1) is 17.0. The lowest BCUT2D eigenvalue weighted by molar-refractivity contribution is 0.0674. The van der Waals surface area contributed by atoms with Crippen molar-refractivity contribution in [3.8, 4) is 5.69 Å². The van der Waals surface area contributed by atoms with Crippen LogP contribution in [-0.4, -0.2) is 38.2 Å². The molecule has 0 bridgehead atoms. The molecule has 27 heavy (non-hydrogen) atoms. The van der Waals surface area contributed by atoms with Gasteiger partial charge in [-0.25, -0.2) is 9.48 Å². The molecule has 0 aliphatic carbocycles. The van der Waals surface area contributed by atoms with E-state index in [0.29, 0.717) is 24.1 Å². The number of hydrogen-bond acceptors (Lipinski definition) is 3. The van der Waals surface area contributed by atoms with Crippen LogP contribution < -0.4 is 0 Å². The van der Waals surface area contributed by atoms with Gasteiger partial charge in [-0.2, -0.15) is 5.10 Å². The smallest absolute Gasteiger partial charge is 0.356 e. The van der Waals surface area contributed by atoms with Gasteiger partial charge in [0.15, 0.2) is 5.69 Å². The van der Waals surface area contributed by atoms with Crippen molar-refractivity contribution in [2.45, 2.75) is 19.9 Å². The standard InChI is InChI=1S/C21H19N3O3/c1-14-7-9-15(10-8-14)20(25)23-12-11-18-17(13-23)19(21(26)27)22-24(18)16-5-3-2-4-6-16/h2-10H,11-13H2,1H3,(H,26,27). The fraction of sp³-hybridized carbons (Fsp3) is 0.190. The first-order chi connectivity index (χ1) is 13.0. The molecule has 0 fully saturated rings. The molecule has 0 saturated carbocycles. The maximum atomic E-state index is 12.8. The van der Waals surface area contributed by atoms with E-state index in [1.54, 1.807) is 21.7 Å². The van der Waals surface area contributed by atoms with E-state index >= 15 is 0 Å². The summed E-state index contributed by atoms with van der Waals surface area (Å²) in [5.74, 6) is -1.17. The van der Waals surface area contributed by atoms with Crippen molar-refractivity contribution in [3.05, 3.63) is 82.7 Å². The van der Waals surface area contributed by atoms with Gasteiger partial charge in [0.2, 0.25) is 0 Å². The summed E-state index contributed by atoms with van der Waals surface area (Å²) in [4.78, 5) is 26.2. The molecule has 1 N–H and O–H groups in total. The number of carbonyl (C=O) groups excluding carboxylic acids is 1. The van der Waals surface area contributed by atoms with Crippen LogP contribution in [0.1, 0.15) is 37.7 Å². The van der Waals surface area contributed by atoms with Crippen LogP contribution >= 0.6 is 0 Å². The minimum absolute atomic E-state index is 0.00950. The molecule has 1 aliphatic heterocycles. The summed E-state index contributed by atoms with van der Waals surface area (Å²) in [7, 11) is 0. The van der Waals surface area contributed by atoms with Crippen molar-refractivity contribution >= 4 is 11.9 Å². The Labute approximate surface area is 156 Å². The number of amides is 1. The van der Waals surface area contributed by atoms with Crippen molar-refractivity contribution in [3.63, 3.8) is 0 Å². The van der Waals surface area contributed by atoms with E-state index in [9.17, 15) is 14.7 Å². The Morgan fingerprint density at radius 1 is 1.04 bits per heavy atom. The second-order valence-electron chi connectivity index (χ2n) is 6.67. The van der Waals surface area contributed by atoms with Gasteiger partial charge in [-0.15, -0.1) is 0 Å². The summed E-state index contributed by atoms with van der Waals surface area (Å²) in [5, 5.41) is 13.9. The maximum Gasteiger partial charge on any atom is 0.356 e. The molecule has 0 atom stereocenters. The van der Waals surface area contributed by atoms with Gasteiger partial charge in [0.05, 0.1) is 17.9 Å². The van der Waals surface area contributed by atoms with Crippen LogP contribution in [0, 0.1) is 6.92 Å². The lowest BCUT2D eigenvalue weighted by atomic mass is 10.0. The first-order valence-electron chi connectivity index (χ1n) is 8.80. The lowest BCUT2D eigenvalue weighted by Crippen LogP contribution is -2.36. The van der Waals surface area contributed by atoms with Crippen molar-refractivity contribution in [1.29, 1.82) is 0 Å². The average Bonchev–Trinajstić information content (AvgIpc) is 3.08. The number of carboxylic acid groups (broad SMARTS) is 1. The number of benzene rings is 2. The van der Waals surface area contributed by atoms with Crippen LogP contribution in [0.4, 0.5) is 0 Å². The number of aromatic carboxylic acids is 1. The Balaban J connectivity index is 1.70. The van der Waals surface area contributed by atoms with Gasteiger partial charge in [-0.05, 0) is 31.2 Å². The van der Waals surface area contributed by atoms with E-state index in [2.05, 4.69) is 5.10 Å². The number of para-hydroxylation sites is 1. The van der Waals surface area contributed by atoms with Crippen LogP contribution in [0.15, 0.2) is 54.6 Å². The number of fused-ring (bicyclic) bond motifs is 1. The molecule has 4 rings (SSSR count). The highest BCUT2D eigenvalue weighted by Crippen LogP contribution is 2.26. The fourth-order valence-electron chi connectivity index (χ4n) is 3.43. The van der Waals surface area contributed by atoms with E-state index in [-0.39, 0.29) is 18.1 Å². The molecule has 6 heteroatoms. The Hall–Kier alpha value is -3.41. The lowest BCUT2D eigenvalue weighted by Gasteiger charge is -2.28. The quantitative estimate of drug-likeness (QED) is 0.778. The molecule has 6 nitrogen and oxygen atoms in total. The van der Waals surface area contributed by atoms with Gasteiger partial charge in [0, 0.05) is 24.1 Å². The van der Waals surface area contributed by atoms with Gasteiger partial charge in [0.25, 0.3) is 5.91 Å². The van der Waals surface area contributed by atoms with Gasteiger partial charge < -0.3 is 10.0 Å². The minimum Gasteiger partial charge on any atom is -0.476 e. The third kappa shape index (κ3) is 3.10. The van der Waals surface area contributed by atoms with Gasteiger partial charge in [0.1, 0.15) is 0 Å². The van der Waals surface area contributed by atoms with Gasteiger partial charge in [-0.3, -0.25) is 4.79 Å². The monoisotopic (exact) mass is 361 g/mol. The van der Waals surface area contributed by atoms with Crippen LogP contribution in [-0.2, 0) is 13.0 Å². The normalized spacial score (nSPS) is 13.3. The molecular formula is C21H19N3O3. The van der Waals surface area contributed by atoms with Crippen molar-refractivity contribution in [2.75, 3.05) is 6.54 Å². The summed E-state index contributed by atoms with van der Waals surface area (Å²) in [6.07, 6.45) is 0.558. The van der Waals surface area contributed by atoms with E-state index < -0.39 is 5.97 Å². The van der Waals surface area contributed by atoms with Gasteiger partial charge in [-0.1, -0.05) is 35.9 Å². The SMILES string of the molecule is Cc1ccc(C(=O)N2CCc3c(c(C(=O)O)nn3-c3ccccc3)C2)cc1. The molecule has 0 radical (unpaired) electrons. The van der Waals surface area contributed by atoms with Crippen molar-refractivity contribution in [2.24, 2.45) is 0 Å². The molecule has 1 aromatic heterocycles. The molecule has 136 valence electrons. The van der Waals surface area contributed by atoms with E-state index in [4.69, 9.17) is 0 Å². The first-order valence-corrected chi connectivity index (χ1v) is 8.80. The Bertz CT molecular complexity index is 1010. The highest BCUT2D eigenvalue weighted by molar-refractivity contribution is 5.95. The Morgan fingerprint density at radius 2 is 1.74 bits per heavy atom. The molecule has 0 saturated heterocycles. The summed E-state index contributed by atoms with van der Waals surface area (Å²) in [6, 6.07) is 16.9. The topological polar surface area (TPSA) is 75.4 Å². The largest absolute Gasteiger partial charge is 0.476 e. The van der Waals surface area contributed by atoms with Crippen LogP contribution in [0.5, 0.6) is 0 Å². The summed E-state index contributed by atoms with van der Waals surface area (Å²) in [6.45, 7) is 2.74. The van der Waals surface area contributed by atoms with Crippen molar-refractivity contribution < 1.29 is 14.7 Å². The second-order valence-corrected chi connectivity index (χ2v) is 6.67. The maximum absolute atomic E-state index is 12.8. The Morgan fingerprint density at radius 3 is 2.41 bits per heavy atom. The van der Waals surface area contributed by atoms with Crippen molar-refractivity contribution in [1.82, 2.24) is 14.7 Å². The minimum atomic E-state index is -1.08. The molecule has 0 spiro atoms. The molecule has 3 aromatic rings. The van der Waals surface area contributed by atoms with Crippen LogP contribution in [0.3, 0.4) is 0 Å². The fourth-order valence-corrected chi connectivity index (χ4v) is 3.43. The van der Waals surface area contributed by atoms with Crippen LogP contribution in [0.2, 0.25) is 0 Å². The molecule has 1 aliphatic rings. The summed E-state index contributed by atoms with van der Waals surface area (Å²) < 4.78 is 1.69. The zero-order valence-electron chi connectivity index (χ0n) is 14.9. The second kappa shape index (κ2) is 6.72. The number of aryl methyl sites for hydroxylation is 1. The summed E-state index contributed by atoms with van der Waals surface area (Å²) >= 11 is 0. The average molecular weight is 361 g/mol. The predicted octanol–water partition coefficient (Wildman–Crippen LogP) is 3.08. The zero-order chi connectivity index (χ0) is 19.0. The number of hydrogen-bond donors (Lipinski definition) is 1. The highest BCUT2D eigenvalue weighted by atomic mass is 16.4. The van der Waals surface area contributed by atoms with Gasteiger partial charge >= 0.3 is 5.97 Å². The zero-order valence-corrected chi connectivity index (χ0v) is 14.9. The number of aromatic nitrogens is 2. The molecule has 0 unspecified atom stereocenters. The van der Waals surface area contributed by atoms with Crippen LogP contribution in [0.25, 0.3) is 5.69 Å². The number of rotatable bonds is 3. The van der Waals surface area contributed by atoms with E-state index in [1.807, 2.05) is 49.4 Å². The molecular weight excluding hydrogens is 342 g/mol. The Kier molecular flexibility index (Phi) is 4.24.